The molecule has 8 heteroatoms. The number of carbonyl (C=O) groups is 1. The second-order valence-corrected chi connectivity index (χ2v) is 9.79. The van der Waals surface area contributed by atoms with Gasteiger partial charge in [-0.3, -0.25) is 5.10 Å². The van der Waals surface area contributed by atoms with E-state index in [9.17, 15) is 4.79 Å². The van der Waals surface area contributed by atoms with Crippen LogP contribution in [0.5, 0.6) is 0 Å². The summed E-state index contributed by atoms with van der Waals surface area (Å²) < 4.78 is 17.8. The number of aromatic nitrogens is 2. The highest BCUT2D eigenvalue weighted by atomic mass is 16.7. The van der Waals surface area contributed by atoms with Gasteiger partial charge in [0.05, 0.1) is 16.7 Å². The summed E-state index contributed by atoms with van der Waals surface area (Å²) >= 11 is 0. The van der Waals surface area contributed by atoms with Gasteiger partial charge in [-0.05, 0) is 72.5 Å². The molecule has 1 aromatic heterocycles. The number of aryl methyl sites for hydroxylation is 1. The maximum absolute atomic E-state index is 12.2. The van der Waals surface area contributed by atoms with Crippen molar-refractivity contribution in [2.24, 2.45) is 0 Å². The van der Waals surface area contributed by atoms with Gasteiger partial charge < -0.3 is 19.4 Å². The predicted molar refractivity (Wildman–Crippen MR) is 119 cm³/mol. The van der Waals surface area contributed by atoms with E-state index < -0.39 is 30.0 Å². The fraction of sp³-hybridized carbons (Fsp3) is 0.545. The average Bonchev–Trinajstić information content (AvgIpc) is 3.06. The van der Waals surface area contributed by atoms with Crippen molar-refractivity contribution < 1.29 is 18.8 Å². The Hall–Kier alpha value is -2.32. The first kappa shape index (κ1) is 22.4. The molecule has 0 spiro atoms. The summed E-state index contributed by atoms with van der Waals surface area (Å²) in [5.74, 6) is 0. The van der Waals surface area contributed by atoms with Crippen molar-refractivity contribution in [2.45, 2.75) is 72.2 Å². The van der Waals surface area contributed by atoms with Gasteiger partial charge in [-0.15, -0.1) is 0 Å². The van der Waals surface area contributed by atoms with Crippen molar-refractivity contribution >= 4 is 30.2 Å². The molecule has 0 atom stereocenters. The summed E-state index contributed by atoms with van der Waals surface area (Å²) in [5, 5.41) is 11.2. The SMILES string of the molecule is Cc1[nH]nc2cc(C=C(CNC(=O)OC(C)(C)C)B3OC(C)(C)C(C)(C)O3)ccc12. The van der Waals surface area contributed by atoms with Crippen LogP contribution in [0.1, 0.15) is 59.7 Å². The lowest BCUT2D eigenvalue weighted by molar-refractivity contribution is 0.00578. The molecule has 2 heterocycles. The predicted octanol–water partition coefficient (Wildman–Crippen LogP) is 4.41. The van der Waals surface area contributed by atoms with Crippen LogP contribution < -0.4 is 5.32 Å². The van der Waals surface area contributed by atoms with Gasteiger partial charge in [-0.1, -0.05) is 18.2 Å². The number of alkyl carbamates (subject to hydrolysis) is 1. The summed E-state index contributed by atoms with van der Waals surface area (Å²) in [7, 11) is -0.582. The van der Waals surface area contributed by atoms with E-state index in [0.29, 0.717) is 0 Å². The zero-order valence-corrected chi connectivity index (χ0v) is 19.2. The minimum Gasteiger partial charge on any atom is -0.444 e. The summed E-state index contributed by atoms with van der Waals surface area (Å²) in [6.45, 7) is 15.7. The highest BCUT2D eigenvalue weighted by Gasteiger charge is 2.52. The number of hydrogen-bond acceptors (Lipinski definition) is 5. The summed E-state index contributed by atoms with van der Waals surface area (Å²) in [6, 6.07) is 6.05. The lowest BCUT2D eigenvalue weighted by Gasteiger charge is -2.32. The fourth-order valence-corrected chi connectivity index (χ4v) is 3.15. The van der Waals surface area contributed by atoms with Gasteiger partial charge in [0.25, 0.3) is 0 Å². The Balaban J connectivity index is 1.88. The van der Waals surface area contributed by atoms with E-state index in [-0.39, 0.29) is 6.54 Å². The van der Waals surface area contributed by atoms with E-state index in [2.05, 4.69) is 15.5 Å². The Bertz CT molecular complexity index is 956. The smallest absolute Gasteiger partial charge is 0.444 e. The Kier molecular flexibility index (Phi) is 5.77. The van der Waals surface area contributed by atoms with Gasteiger partial charge in [0.1, 0.15) is 5.60 Å². The molecule has 2 aromatic rings. The normalized spacial score (nSPS) is 18.7. The maximum Gasteiger partial charge on any atom is 0.492 e. The Morgan fingerprint density at radius 1 is 1.23 bits per heavy atom. The highest BCUT2D eigenvalue weighted by Crippen LogP contribution is 2.38. The van der Waals surface area contributed by atoms with Crippen LogP contribution in [0.2, 0.25) is 0 Å². The number of benzene rings is 1. The van der Waals surface area contributed by atoms with E-state index >= 15 is 0 Å². The first-order valence-corrected chi connectivity index (χ1v) is 10.3. The minimum absolute atomic E-state index is 0.239. The van der Waals surface area contributed by atoms with Crippen LogP contribution in [0.15, 0.2) is 23.7 Å². The molecule has 2 N–H and O–H groups in total. The number of aromatic amines is 1. The number of rotatable bonds is 4. The molecule has 0 saturated carbocycles. The molecule has 0 aliphatic carbocycles. The van der Waals surface area contributed by atoms with Gasteiger partial charge in [-0.25, -0.2) is 4.79 Å². The van der Waals surface area contributed by atoms with Gasteiger partial charge in [0.2, 0.25) is 0 Å². The first-order valence-electron chi connectivity index (χ1n) is 10.3. The number of nitrogens with one attached hydrogen (secondary N) is 2. The Morgan fingerprint density at radius 3 is 2.47 bits per heavy atom. The molecule has 0 radical (unpaired) electrons. The number of amides is 1. The number of nitrogens with zero attached hydrogens (tertiary/aromatic N) is 1. The van der Waals surface area contributed by atoms with E-state index in [1.807, 2.05) is 79.7 Å². The molecule has 30 heavy (non-hydrogen) atoms. The largest absolute Gasteiger partial charge is 0.492 e. The van der Waals surface area contributed by atoms with Crippen molar-refractivity contribution in [3.63, 3.8) is 0 Å². The summed E-state index contributed by atoms with van der Waals surface area (Å²) in [4.78, 5) is 12.2. The molecule has 1 aliphatic heterocycles. The summed E-state index contributed by atoms with van der Waals surface area (Å²) in [5.41, 5.74) is 2.13. The van der Waals surface area contributed by atoms with Gasteiger partial charge >= 0.3 is 13.2 Å². The minimum atomic E-state index is -0.582. The van der Waals surface area contributed by atoms with Gasteiger partial charge in [0.15, 0.2) is 0 Å². The second-order valence-electron chi connectivity index (χ2n) is 9.79. The van der Waals surface area contributed by atoms with Crippen LogP contribution in [-0.4, -0.2) is 46.8 Å². The number of carbonyl (C=O) groups excluding carboxylic acids is 1. The van der Waals surface area contributed by atoms with E-state index in [1.54, 1.807) is 0 Å². The number of hydrogen-bond donors (Lipinski definition) is 2. The van der Waals surface area contributed by atoms with Crippen LogP contribution in [0.4, 0.5) is 4.79 Å². The molecule has 0 bridgehead atoms. The first-order chi connectivity index (χ1) is 13.8. The average molecular weight is 413 g/mol. The van der Waals surface area contributed by atoms with Crippen LogP contribution >= 0.6 is 0 Å². The van der Waals surface area contributed by atoms with Crippen LogP contribution in [0.3, 0.4) is 0 Å². The van der Waals surface area contributed by atoms with Crippen molar-refractivity contribution in [3.8, 4) is 0 Å². The van der Waals surface area contributed by atoms with Crippen molar-refractivity contribution in [1.82, 2.24) is 15.5 Å². The molecular weight excluding hydrogens is 381 g/mol. The molecule has 1 aliphatic rings. The quantitative estimate of drug-likeness (QED) is 0.726. The van der Waals surface area contributed by atoms with Gasteiger partial charge in [-0.2, -0.15) is 5.10 Å². The molecular formula is C22H32BN3O4. The molecule has 0 unspecified atom stereocenters. The fourth-order valence-electron chi connectivity index (χ4n) is 3.15. The van der Waals surface area contributed by atoms with Crippen molar-refractivity contribution in [1.29, 1.82) is 0 Å². The molecule has 3 rings (SSSR count). The third-order valence-corrected chi connectivity index (χ3v) is 5.51. The third-order valence-electron chi connectivity index (χ3n) is 5.51. The van der Waals surface area contributed by atoms with Crippen molar-refractivity contribution in [3.05, 3.63) is 34.9 Å². The molecule has 162 valence electrons. The number of fused-ring (bicyclic) bond motifs is 1. The lowest BCUT2D eigenvalue weighted by atomic mass is 9.77. The summed E-state index contributed by atoms with van der Waals surface area (Å²) in [6.07, 6.45) is 1.49. The zero-order chi connectivity index (χ0) is 22.3. The van der Waals surface area contributed by atoms with Gasteiger partial charge in [0, 0.05) is 17.6 Å². The monoisotopic (exact) mass is 413 g/mol. The number of ether oxygens (including phenoxy) is 1. The molecule has 7 nitrogen and oxygen atoms in total. The van der Waals surface area contributed by atoms with Crippen LogP contribution in [0.25, 0.3) is 17.0 Å². The zero-order valence-electron chi connectivity index (χ0n) is 19.2. The standard InChI is InChI=1S/C22H32BN3O4/c1-14-17-10-9-15(12-18(17)26-25-14)11-16(13-24-19(27)28-20(2,3)4)23-29-21(5,6)22(7,8)30-23/h9-12H,13H2,1-8H3,(H,24,27)(H,25,26). The number of H-pyrrole nitrogens is 1. The molecule has 1 fully saturated rings. The molecule has 1 aromatic carbocycles. The third kappa shape index (κ3) is 4.87. The highest BCUT2D eigenvalue weighted by molar-refractivity contribution is 6.56. The maximum atomic E-state index is 12.2. The Labute approximate surface area is 178 Å². The lowest BCUT2D eigenvalue weighted by Crippen LogP contribution is -2.41. The topological polar surface area (TPSA) is 85.5 Å². The molecule has 1 saturated heterocycles. The van der Waals surface area contributed by atoms with E-state index in [0.717, 1.165) is 27.6 Å². The van der Waals surface area contributed by atoms with E-state index in [4.69, 9.17) is 14.0 Å². The van der Waals surface area contributed by atoms with Crippen LogP contribution in [0, 0.1) is 6.92 Å². The molecule has 1 amide bonds. The Morgan fingerprint density at radius 2 is 1.87 bits per heavy atom. The second kappa shape index (κ2) is 7.74. The van der Waals surface area contributed by atoms with Crippen LogP contribution in [-0.2, 0) is 14.0 Å². The van der Waals surface area contributed by atoms with Crippen molar-refractivity contribution in [2.75, 3.05) is 6.54 Å². The van der Waals surface area contributed by atoms with E-state index in [1.165, 1.54) is 0 Å².